The Balaban J connectivity index is 1.53. The van der Waals surface area contributed by atoms with Crippen LogP contribution in [-0.2, 0) is 9.59 Å². The van der Waals surface area contributed by atoms with Crippen molar-refractivity contribution in [1.82, 2.24) is 4.90 Å². The van der Waals surface area contributed by atoms with Crippen molar-refractivity contribution in [3.8, 4) is 5.75 Å². The Labute approximate surface area is 208 Å². The summed E-state index contributed by atoms with van der Waals surface area (Å²) in [6.45, 7) is 1.84. The number of anilines is 2. The number of carbonyl (C=O) groups is 3. The highest BCUT2D eigenvalue weighted by Gasteiger charge is 2.42. The molecule has 1 heterocycles. The van der Waals surface area contributed by atoms with E-state index in [-0.39, 0.29) is 22.7 Å². The van der Waals surface area contributed by atoms with Gasteiger partial charge in [-0.05, 0) is 55.7 Å². The number of ether oxygens (including phenoxy) is 1. The van der Waals surface area contributed by atoms with Gasteiger partial charge in [-0.3, -0.25) is 19.3 Å². The number of rotatable bonds is 6. The molecule has 4 rings (SSSR count). The van der Waals surface area contributed by atoms with Crippen LogP contribution in [0, 0.1) is 6.92 Å². The lowest BCUT2D eigenvalue weighted by Crippen LogP contribution is -2.42. The molecule has 3 amide bonds. The minimum atomic E-state index is -0.469. The van der Waals surface area contributed by atoms with Gasteiger partial charge in [-0.2, -0.15) is 0 Å². The molecule has 0 bridgehead atoms. The minimum absolute atomic E-state index is 0.0415. The van der Waals surface area contributed by atoms with E-state index in [1.165, 1.54) is 12.0 Å². The predicted octanol–water partition coefficient (Wildman–Crippen LogP) is 5.47. The molecule has 178 valence electrons. The van der Waals surface area contributed by atoms with Gasteiger partial charge < -0.3 is 15.4 Å². The first-order chi connectivity index (χ1) is 16.3. The van der Waals surface area contributed by atoms with Gasteiger partial charge in [0, 0.05) is 23.0 Å². The van der Waals surface area contributed by atoms with Gasteiger partial charge in [-0.25, -0.2) is 0 Å². The molecule has 7 nitrogen and oxygen atoms in total. The SMILES string of the molecule is COc1ccc(NC(=O)c2ccc(C)c(NC3=C(Cl)C(=O)N(C4CCCCC4)C3=O)c2)cc1Cl. The lowest BCUT2D eigenvalue weighted by molar-refractivity contribution is -0.140. The number of nitrogens with zero attached hydrogens (tertiary/aromatic N) is 1. The third-order valence-electron chi connectivity index (χ3n) is 6.17. The maximum Gasteiger partial charge on any atom is 0.279 e. The second-order valence-electron chi connectivity index (χ2n) is 8.42. The molecule has 0 saturated heterocycles. The van der Waals surface area contributed by atoms with E-state index in [1.807, 2.05) is 6.92 Å². The van der Waals surface area contributed by atoms with E-state index in [9.17, 15) is 14.4 Å². The Kier molecular flexibility index (Phi) is 7.14. The summed E-state index contributed by atoms with van der Waals surface area (Å²) >= 11 is 12.4. The van der Waals surface area contributed by atoms with Gasteiger partial charge in [0.1, 0.15) is 16.5 Å². The van der Waals surface area contributed by atoms with Crippen LogP contribution in [0.15, 0.2) is 47.1 Å². The summed E-state index contributed by atoms with van der Waals surface area (Å²) in [5, 5.41) is 6.05. The van der Waals surface area contributed by atoms with Crippen LogP contribution in [0.4, 0.5) is 11.4 Å². The summed E-state index contributed by atoms with van der Waals surface area (Å²) in [7, 11) is 1.51. The van der Waals surface area contributed by atoms with Gasteiger partial charge in [0.25, 0.3) is 17.7 Å². The maximum absolute atomic E-state index is 13.1. The zero-order chi connectivity index (χ0) is 24.4. The first-order valence-electron chi connectivity index (χ1n) is 11.1. The number of benzene rings is 2. The number of imide groups is 1. The average molecular weight is 502 g/mol. The molecule has 2 aromatic carbocycles. The van der Waals surface area contributed by atoms with E-state index in [4.69, 9.17) is 27.9 Å². The normalized spacial score (nSPS) is 16.8. The lowest BCUT2D eigenvalue weighted by atomic mass is 9.94. The Morgan fingerprint density at radius 1 is 1.03 bits per heavy atom. The highest BCUT2D eigenvalue weighted by Crippen LogP contribution is 2.33. The summed E-state index contributed by atoms with van der Waals surface area (Å²) in [4.78, 5) is 39.9. The molecule has 0 aromatic heterocycles. The van der Waals surface area contributed by atoms with Gasteiger partial charge in [0.05, 0.1) is 12.1 Å². The first kappa shape index (κ1) is 24.1. The fraction of sp³-hybridized carbons (Fsp3) is 0.320. The van der Waals surface area contributed by atoms with Crippen LogP contribution in [-0.4, -0.2) is 35.8 Å². The molecule has 2 N–H and O–H groups in total. The maximum atomic E-state index is 13.1. The Bertz CT molecular complexity index is 1190. The van der Waals surface area contributed by atoms with E-state index in [0.29, 0.717) is 27.7 Å². The van der Waals surface area contributed by atoms with Gasteiger partial charge >= 0.3 is 0 Å². The third-order valence-corrected chi connectivity index (χ3v) is 6.81. The summed E-state index contributed by atoms with van der Waals surface area (Å²) in [6.07, 6.45) is 4.66. The first-order valence-corrected chi connectivity index (χ1v) is 11.9. The number of halogens is 2. The van der Waals surface area contributed by atoms with E-state index < -0.39 is 11.8 Å². The fourth-order valence-corrected chi connectivity index (χ4v) is 4.76. The van der Waals surface area contributed by atoms with Crippen molar-refractivity contribution in [2.45, 2.75) is 45.1 Å². The van der Waals surface area contributed by atoms with Crippen LogP contribution in [0.1, 0.15) is 48.0 Å². The monoisotopic (exact) mass is 501 g/mol. The third kappa shape index (κ3) is 4.76. The molecule has 1 aliphatic carbocycles. The standard InChI is InChI=1S/C25H25Cl2N3O4/c1-14-8-9-15(23(31)28-16-10-11-20(34-2)18(26)13-16)12-19(14)29-22-21(27)24(32)30(25(22)33)17-6-4-3-5-7-17/h8-13,17,29H,3-7H2,1-2H3,(H,28,31). The predicted molar refractivity (Wildman–Crippen MR) is 132 cm³/mol. The van der Waals surface area contributed by atoms with Crippen LogP contribution in [0.3, 0.4) is 0 Å². The highest BCUT2D eigenvalue weighted by molar-refractivity contribution is 6.48. The molecule has 0 atom stereocenters. The molecule has 1 saturated carbocycles. The lowest BCUT2D eigenvalue weighted by Gasteiger charge is -2.29. The molecule has 2 aliphatic rings. The van der Waals surface area contributed by atoms with Crippen molar-refractivity contribution < 1.29 is 19.1 Å². The number of methoxy groups -OCH3 is 1. The van der Waals surface area contributed by atoms with Crippen LogP contribution >= 0.6 is 23.2 Å². The molecule has 0 radical (unpaired) electrons. The molecule has 34 heavy (non-hydrogen) atoms. The van der Waals surface area contributed by atoms with Crippen molar-refractivity contribution in [2.24, 2.45) is 0 Å². The van der Waals surface area contributed by atoms with Crippen LogP contribution in [0.5, 0.6) is 5.75 Å². The van der Waals surface area contributed by atoms with Gasteiger partial charge in [-0.1, -0.05) is 48.5 Å². The largest absolute Gasteiger partial charge is 0.495 e. The number of hydrogen-bond acceptors (Lipinski definition) is 5. The van der Waals surface area contributed by atoms with E-state index in [1.54, 1.807) is 36.4 Å². The minimum Gasteiger partial charge on any atom is -0.495 e. The van der Waals surface area contributed by atoms with Crippen LogP contribution < -0.4 is 15.4 Å². The summed E-state index contributed by atoms with van der Waals surface area (Å²) in [5.74, 6) is -0.750. The zero-order valence-corrected chi connectivity index (χ0v) is 20.4. The van der Waals surface area contributed by atoms with Gasteiger partial charge in [0.2, 0.25) is 0 Å². The number of carbonyl (C=O) groups excluding carboxylic acids is 3. The molecular formula is C25H25Cl2N3O4. The van der Waals surface area contributed by atoms with Crippen LogP contribution in [0.2, 0.25) is 5.02 Å². The molecule has 0 unspecified atom stereocenters. The average Bonchev–Trinajstić information content (AvgIpc) is 3.04. The molecule has 1 aliphatic heterocycles. The van der Waals surface area contributed by atoms with Gasteiger partial charge in [0.15, 0.2) is 0 Å². The smallest absolute Gasteiger partial charge is 0.279 e. The summed E-state index contributed by atoms with van der Waals surface area (Å²) < 4.78 is 5.13. The topological polar surface area (TPSA) is 87.7 Å². The Morgan fingerprint density at radius 3 is 2.44 bits per heavy atom. The van der Waals surface area contributed by atoms with Crippen LogP contribution in [0.25, 0.3) is 0 Å². The molecule has 0 spiro atoms. The van der Waals surface area contributed by atoms with Gasteiger partial charge in [-0.15, -0.1) is 0 Å². The van der Waals surface area contributed by atoms with E-state index in [0.717, 1.165) is 37.7 Å². The summed E-state index contributed by atoms with van der Waals surface area (Å²) in [6, 6.07) is 9.86. The van der Waals surface area contributed by atoms with Crippen molar-refractivity contribution in [3.05, 3.63) is 63.3 Å². The van der Waals surface area contributed by atoms with E-state index >= 15 is 0 Å². The summed E-state index contributed by atoms with van der Waals surface area (Å²) in [5.41, 5.74) is 2.21. The van der Waals surface area contributed by atoms with Crippen molar-refractivity contribution >= 4 is 52.3 Å². The molecule has 2 aromatic rings. The second kappa shape index (κ2) is 10.1. The van der Waals surface area contributed by atoms with Crippen molar-refractivity contribution in [3.63, 3.8) is 0 Å². The zero-order valence-electron chi connectivity index (χ0n) is 18.9. The van der Waals surface area contributed by atoms with Crippen molar-refractivity contribution in [1.29, 1.82) is 0 Å². The number of nitrogens with one attached hydrogen (secondary N) is 2. The van der Waals surface area contributed by atoms with Crippen molar-refractivity contribution in [2.75, 3.05) is 17.7 Å². The number of hydrogen-bond donors (Lipinski definition) is 2. The molecule has 1 fully saturated rings. The second-order valence-corrected chi connectivity index (χ2v) is 9.20. The van der Waals surface area contributed by atoms with E-state index in [2.05, 4.69) is 10.6 Å². The Morgan fingerprint density at radius 2 is 1.76 bits per heavy atom. The fourth-order valence-electron chi connectivity index (χ4n) is 4.28. The number of amides is 3. The molecule has 9 heteroatoms. The number of aryl methyl sites for hydroxylation is 1. The Hall–Kier alpha value is -3.03. The quantitative estimate of drug-likeness (QED) is 0.512. The highest BCUT2D eigenvalue weighted by atomic mass is 35.5. The molecular weight excluding hydrogens is 477 g/mol.